The van der Waals surface area contributed by atoms with Crippen LogP contribution in [0.5, 0.6) is 0 Å². The normalized spacial score (nSPS) is 32.2. The first-order valence-corrected chi connectivity index (χ1v) is 7.87. The summed E-state index contributed by atoms with van der Waals surface area (Å²) in [5, 5.41) is 3.51. The molecule has 0 amide bonds. The standard InChI is InChI=1S/C16H33NO/c1-6-8-17-12-16(5,7-2)18-15-10-13(3)9-14(4)11-15/h13-15,17H,6-12H2,1-5H3. The average molecular weight is 255 g/mol. The van der Waals surface area contributed by atoms with Crippen LogP contribution in [0.2, 0.25) is 0 Å². The first-order chi connectivity index (χ1) is 8.49. The van der Waals surface area contributed by atoms with Crippen molar-refractivity contribution >= 4 is 0 Å². The lowest BCUT2D eigenvalue weighted by atomic mass is 9.81. The lowest BCUT2D eigenvalue weighted by molar-refractivity contribution is -0.108. The van der Waals surface area contributed by atoms with Gasteiger partial charge in [-0.1, -0.05) is 27.7 Å². The first kappa shape index (κ1) is 16.0. The summed E-state index contributed by atoms with van der Waals surface area (Å²) in [4.78, 5) is 0. The van der Waals surface area contributed by atoms with Gasteiger partial charge in [0.15, 0.2) is 0 Å². The molecule has 3 atom stereocenters. The highest BCUT2D eigenvalue weighted by atomic mass is 16.5. The summed E-state index contributed by atoms with van der Waals surface area (Å²) in [5.74, 6) is 1.65. The highest BCUT2D eigenvalue weighted by molar-refractivity contribution is 4.82. The van der Waals surface area contributed by atoms with Crippen LogP contribution in [0.25, 0.3) is 0 Å². The Morgan fingerprint density at radius 1 is 1.11 bits per heavy atom. The van der Waals surface area contributed by atoms with E-state index in [4.69, 9.17) is 4.74 Å². The highest BCUT2D eigenvalue weighted by Crippen LogP contribution is 2.33. The third kappa shape index (κ3) is 5.27. The first-order valence-electron chi connectivity index (χ1n) is 7.87. The molecule has 2 heteroatoms. The molecule has 2 nitrogen and oxygen atoms in total. The van der Waals surface area contributed by atoms with Gasteiger partial charge >= 0.3 is 0 Å². The van der Waals surface area contributed by atoms with Crippen LogP contribution in [0.1, 0.15) is 66.7 Å². The van der Waals surface area contributed by atoms with Crippen molar-refractivity contribution < 1.29 is 4.74 Å². The minimum Gasteiger partial charge on any atom is -0.371 e. The molecule has 1 aliphatic carbocycles. The van der Waals surface area contributed by atoms with Crippen LogP contribution < -0.4 is 5.32 Å². The van der Waals surface area contributed by atoms with Gasteiger partial charge in [0, 0.05) is 6.54 Å². The Hall–Kier alpha value is -0.0800. The largest absolute Gasteiger partial charge is 0.371 e. The molecule has 108 valence electrons. The lowest BCUT2D eigenvalue weighted by Crippen LogP contribution is -2.44. The predicted molar refractivity (Wildman–Crippen MR) is 78.9 cm³/mol. The molecule has 1 rings (SSSR count). The maximum Gasteiger partial charge on any atom is 0.0779 e. The second-order valence-corrected chi connectivity index (χ2v) is 6.64. The SMILES string of the molecule is CCCNCC(C)(CC)OC1CC(C)CC(C)C1. The van der Waals surface area contributed by atoms with Gasteiger partial charge in [-0.25, -0.2) is 0 Å². The number of rotatable bonds is 7. The van der Waals surface area contributed by atoms with Gasteiger partial charge in [0.2, 0.25) is 0 Å². The van der Waals surface area contributed by atoms with E-state index in [1.807, 2.05) is 0 Å². The molecule has 0 bridgehead atoms. The molecule has 1 saturated carbocycles. The number of nitrogens with one attached hydrogen (secondary N) is 1. The Morgan fingerprint density at radius 3 is 2.22 bits per heavy atom. The molecule has 1 aliphatic rings. The zero-order valence-electron chi connectivity index (χ0n) is 13.1. The Labute approximate surface area is 114 Å². The molecule has 18 heavy (non-hydrogen) atoms. The Morgan fingerprint density at radius 2 is 1.72 bits per heavy atom. The fourth-order valence-electron chi connectivity index (χ4n) is 3.15. The van der Waals surface area contributed by atoms with Crippen molar-refractivity contribution in [3.8, 4) is 0 Å². The van der Waals surface area contributed by atoms with E-state index in [-0.39, 0.29) is 5.60 Å². The van der Waals surface area contributed by atoms with Crippen molar-refractivity contribution in [1.82, 2.24) is 5.32 Å². The maximum absolute atomic E-state index is 6.45. The Kier molecular flexibility index (Phi) is 6.65. The van der Waals surface area contributed by atoms with Crippen LogP contribution in [0, 0.1) is 11.8 Å². The fourth-order valence-corrected chi connectivity index (χ4v) is 3.15. The number of hydrogen-bond donors (Lipinski definition) is 1. The molecule has 3 unspecified atom stereocenters. The van der Waals surface area contributed by atoms with E-state index in [1.54, 1.807) is 0 Å². The molecule has 0 aromatic carbocycles. The Balaban J connectivity index is 2.45. The van der Waals surface area contributed by atoms with Crippen LogP contribution in [0.3, 0.4) is 0 Å². The van der Waals surface area contributed by atoms with Gasteiger partial charge in [-0.3, -0.25) is 0 Å². The van der Waals surface area contributed by atoms with E-state index < -0.39 is 0 Å². The maximum atomic E-state index is 6.45. The minimum atomic E-state index is 0.0105. The summed E-state index contributed by atoms with van der Waals surface area (Å²) in [6, 6.07) is 0. The molecule has 0 heterocycles. The second kappa shape index (κ2) is 7.49. The Bertz CT molecular complexity index is 221. The number of ether oxygens (including phenoxy) is 1. The summed E-state index contributed by atoms with van der Waals surface area (Å²) < 4.78 is 6.45. The zero-order valence-corrected chi connectivity index (χ0v) is 13.1. The van der Waals surface area contributed by atoms with Crippen molar-refractivity contribution in [1.29, 1.82) is 0 Å². The van der Waals surface area contributed by atoms with Crippen LogP contribution in [-0.2, 0) is 4.74 Å². The third-order valence-corrected chi connectivity index (χ3v) is 4.26. The highest BCUT2D eigenvalue weighted by Gasteiger charge is 2.31. The van der Waals surface area contributed by atoms with Crippen LogP contribution in [-0.4, -0.2) is 24.8 Å². The van der Waals surface area contributed by atoms with E-state index in [0.717, 1.165) is 31.3 Å². The molecule has 1 N–H and O–H groups in total. The van der Waals surface area contributed by atoms with Crippen molar-refractivity contribution in [2.45, 2.75) is 78.4 Å². The molecule has 0 radical (unpaired) electrons. The topological polar surface area (TPSA) is 21.3 Å². The average Bonchev–Trinajstić information content (AvgIpc) is 2.28. The number of hydrogen-bond acceptors (Lipinski definition) is 2. The van der Waals surface area contributed by atoms with Gasteiger partial charge in [-0.15, -0.1) is 0 Å². The lowest BCUT2D eigenvalue weighted by Gasteiger charge is -2.38. The van der Waals surface area contributed by atoms with E-state index in [0.29, 0.717) is 6.10 Å². The monoisotopic (exact) mass is 255 g/mol. The second-order valence-electron chi connectivity index (χ2n) is 6.64. The molecule has 0 spiro atoms. The quantitative estimate of drug-likeness (QED) is 0.694. The van der Waals surface area contributed by atoms with Crippen LogP contribution >= 0.6 is 0 Å². The van der Waals surface area contributed by atoms with Crippen molar-refractivity contribution in [2.24, 2.45) is 11.8 Å². The summed E-state index contributed by atoms with van der Waals surface area (Å²) in [5.41, 5.74) is 0.0105. The van der Waals surface area contributed by atoms with E-state index in [9.17, 15) is 0 Å². The van der Waals surface area contributed by atoms with Gasteiger partial charge in [0.25, 0.3) is 0 Å². The summed E-state index contributed by atoms with van der Waals surface area (Å²) in [6.45, 7) is 13.5. The van der Waals surface area contributed by atoms with E-state index in [2.05, 4.69) is 39.9 Å². The van der Waals surface area contributed by atoms with Gasteiger partial charge < -0.3 is 10.1 Å². The molecule has 0 aliphatic heterocycles. The smallest absolute Gasteiger partial charge is 0.0779 e. The van der Waals surface area contributed by atoms with Gasteiger partial charge in [-0.05, 0) is 57.4 Å². The fraction of sp³-hybridized carbons (Fsp3) is 1.00. The van der Waals surface area contributed by atoms with Gasteiger partial charge in [0.1, 0.15) is 0 Å². The van der Waals surface area contributed by atoms with E-state index >= 15 is 0 Å². The zero-order chi connectivity index (χ0) is 13.6. The predicted octanol–water partition coefficient (Wildman–Crippen LogP) is 4.00. The van der Waals surface area contributed by atoms with Crippen molar-refractivity contribution in [2.75, 3.05) is 13.1 Å². The van der Waals surface area contributed by atoms with E-state index in [1.165, 1.54) is 25.7 Å². The summed E-state index contributed by atoms with van der Waals surface area (Å²) in [6.07, 6.45) is 6.61. The molecular weight excluding hydrogens is 222 g/mol. The van der Waals surface area contributed by atoms with Gasteiger partial charge in [0.05, 0.1) is 11.7 Å². The van der Waals surface area contributed by atoms with Crippen molar-refractivity contribution in [3.05, 3.63) is 0 Å². The van der Waals surface area contributed by atoms with Crippen LogP contribution in [0.15, 0.2) is 0 Å². The van der Waals surface area contributed by atoms with Crippen LogP contribution in [0.4, 0.5) is 0 Å². The summed E-state index contributed by atoms with van der Waals surface area (Å²) in [7, 11) is 0. The summed E-state index contributed by atoms with van der Waals surface area (Å²) >= 11 is 0. The molecule has 1 fully saturated rings. The minimum absolute atomic E-state index is 0.0105. The molecule has 0 aromatic rings. The third-order valence-electron chi connectivity index (χ3n) is 4.26. The molecule has 0 saturated heterocycles. The molecular formula is C16H33NO. The van der Waals surface area contributed by atoms with Crippen molar-refractivity contribution in [3.63, 3.8) is 0 Å². The molecule has 0 aromatic heterocycles. The van der Waals surface area contributed by atoms with Gasteiger partial charge in [-0.2, -0.15) is 0 Å².